The van der Waals surface area contributed by atoms with Crippen LogP contribution in [0, 0.1) is 16.0 Å². The molecule has 0 saturated carbocycles. The first-order chi connectivity index (χ1) is 16.7. The summed E-state index contributed by atoms with van der Waals surface area (Å²) >= 11 is 1.41. The van der Waals surface area contributed by atoms with Crippen LogP contribution in [0.1, 0.15) is 30.6 Å². The second-order valence-electron chi connectivity index (χ2n) is 8.13. The number of hydrogen-bond donors (Lipinski definition) is 2. The van der Waals surface area contributed by atoms with Gasteiger partial charge in [0, 0.05) is 23.5 Å². The number of nitro groups is 1. The predicted molar refractivity (Wildman–Crippen MR) is 135 cm³/mol. The first-order valence-corrected chi connectivity index (χ1v) is 11.9. The molecule has 1 aromatic heterocycles. The second-order valence-corrected chi connectivity index (χ2v) is 9.26. The molecule has 0 saturated heterocycles. The van der Waals surface area contributed by atoms with Crippen LogP contribution in [0.2, 0.25) is 0 Å². The first-order valence-electron chi connectivity index (χ1n) is 10.9. The number of ether oxygens (including phenoxy) is 1. The summed E-state index contributed by atoms with van der Waals surface area (Å²) in [5.41, 5.74) is 1.04. The third-order valence-corrected chi connectivity index (χ3v) is 6.04. The number of anilines is 2. The van der Waals surface area contributed by atoms with Gasteiger partial charge in [0.05, 0.1) is 28.8 Å². The fourth-order valence-electron chi connectivity index (χ4n) is 3.07. The van der Waals surface area contributed by atoms with Crippen LogP contribution in [0.3, 0.4) is 0 Å². The highest BCUT2D eigenvalue weighted by Gasteiger charge is 2.18. The lowest BCUT2D eigenvalue weighted by Gasteiger charge is -2.07. The van der Waals surface area contributed by atoms with E-state index in [0.717, 1.165) is 12.2 Å². The molecule has 2 amide bonds. The van der Waals surface area contributed by atoms with E-state index in [9.17, 15) is 19.7 Å². The van der Waals surface area contributed by atoms with Gasteiger partial charge in [-0.2, -0.15) is 5.10 Å². The van der Waals surface area contributed by atoms with Crippen LogP contribution in [0.25, 0.3) is 0 Å². The Morgan fingerprint density at radius 1 is 1.14 bits per heavy atom. The Labute approximate surface area is 207 Å². The molecule has 0 aliphatic rings. The van der Waals surface area contributed by atoms with E-state index >= 15 is 0 Å². The molecule has 10 nitrogen and oxygen atoms in total. The summed E-state index contributed by atoms with van der Waals surface area (Å²) < 4.78 is 6.47. The van der Waals surface area contributed by atoms with Crippen molar-refractivity contribution in [2.24, 2.45) is 5.92 Å². The molecule has 0 spiro atoms. The van der Waals surface area contributed by atoms with Gasteiger partial charge in [-0.25, -0.2) is 0 Å². The smallest absolute Gasteiger partial charge is 0.283 e. The Morgan fingerprint density at radius 2 is 1.89 bits per heavy atom. The zero-order chi connectivity index (χ0) is 25.4. The fourth-order valence-corrected chi connectivity index (χ4v) is 4.32. The van der Waals surface area contributed by atoms with Crippen LogP contribution in [0.4, 0.5) is 17.1 Å². The molecule has 1 heterocycles. The number of benzene rings is 2. The van der Waals surface area contributed by atoms with Crippen LogP contribution >= 0.6 is 11.8 Å². The zero-order valence-electron chi connectivity index (χ0n) is 19.7. The highest BCUT2D eigenvalue weighted by Crippen LogP contribution is 2.31. The lowest BCUT2D eigenvalue weighted by atomic mass is 10.2. The molecule has 0 aliphatic heterocycles. The number of nitrogens with zero attached hydrogens (tertiary/aromatic N) is 3. The molecule has 184 valence electrons. The molecular formula is C24H27N5O5S. The number of hydrogen-bond acceptors (Lipinski definition) is 7. The Bertz CT molecular complexity index is 1190. The average Bonchev–Trinajstić information content (AvgIpc) is 3.25. The molecular weight excluding hydrogens is 470 g/mol. The van der Waals surface area contributed by atoms with Crippen molar-refractivity contribution in [3.05, 3.63) is 70.5 Å². The van der Waals surface area contributed by atoms with E-state index in [1.807, 2.05) is 0 Å². The van der Waals surface area contributed by atoms with Crippen molar-refractivity contribution in [3.8, 4) is 5.75 Å². The zero-order valence-corrected chi connectivity index (χ0v) is 20.5. The molecule has 0 fully saturated rings. The van der Waals surface area contributed by atoms with Gasteiger partial charge >= 0.3 is 0 Å². The minimum absolute atomic E-state index is 0.0599. The standard InChI is InChI=1S/C24H27N5O5S/c1-16(2)10-11-35-22-9-4-17(12-21(22)29(32)33)24(31)27-19-13-25-28(14-19)15-23(30)26-18-5-7-20(34-3)8-6-18/h4-9,12-14,16H,10-11,15H2,1-3H3,(H,26,30)(H,27,31). The van der Waals surface area contributed by atoms with Gasteiger partial charge in [0.2, 0.25) is 5.91 Å². The predicted octanol–water partition coefficient (Wildman–Crippen LogP) is 4.83. The van der Waals surface area contributed by atoms with E-state index in [0.29, 0.717) is 27.9 Å². The minimum Gasteiger partial charge on any atom is -0.497 e. The van der Waals surface area contributed by atoms with E-state index < -0.39 is 10.8 Å². The molecule has 2 N–H and O–H groups in total. The van der Waals surface area contributed by atoms with E-state index in [4.69, 9.17) is 4.74 Å². The minimum atomic E-state index is -0.505. The maximum atomic E-state index is 12.7. The van der Waals surface area contributed by atoms with Gasteiger partial charge in [0.15, 0.2) is 0 Å². The van der Waals surface area contributed by atoms with Gasteiger partial charge in [-0.15, -0.1) is 11.8 Å². The van der Waals surface area contributed by atoms with Gasteiger partial charge < -0.3 is 15.4 Å². The van der Waals surface area contributed by atoms with Crippen molar-refractivity contribution < 1.29 is 19.2 Å². The van der Waals surface area contributed by atoms with Gasteiger partial charge in [-0.1, -0.05) is 13.8 Å². The number of amides is 2. The number of thioether (sulfide) groups is 1. The van der Waals surface area contributed by atoms with Crippen LogP contribution in [-0.4, -0.2) is 39.4 Å². The largest absolute Gasteiger partial charge is 0.497 e. The number of carbonyl (C=O) groups is 2. The number of carbonyl (C=O) groups excluding carboxylic acids is 2. The lowest BCUT2D eigenvalue weighted by molar-refractivity contribution is -0.387. The fraction of sp³-hybridized carbons (Fsp3) is 0.292. The van der Waals surface area contributed by atoms with E-state index in [1.54, 1.807) is 43.5 Å². The van der Waals surface area contributed by atoms with Crippen LogP contribution < -0.4 is 15.4 Å². The summed E-state index contributed by atoms with van der Waals surface area (Å²) in [5.74, 6) is 1.14. The topological polar surface area (TPSA) is 128 Å². The van der Waals surface area contributed by atoms with Gasteiger partial charge in [0.25, 0.3) is 11.6 Å². The highest BCUT2D eigenvalue weighted by atomic mass is 32.2. The summed E-state index contributed by atoms with van der Waals surface area (Å²) in [7, 11) is 1.56. The first kappa shape index (κ1) is 25.8. The molecule has 0 atom stereocenters. The van der Waals surface area contributed by atoms with Crippen LogP contribution in [-0.2, 0) is 11.3 Å². The van der Waals surface area contributed by atoms with E-state index in [2.05, 4.69) is 29.6 Å². The summed E-state index contributed by atoms with van der Waals surface area (Å²) in [6, 6.07) is 11.4. The molecule has 0 unspecified atom stereocenters. The Kier molecular flexibility index (Phi) is 8.85. The van der Waals surface area contributed by atoms with Gasteiger partial charge in [-0.3, -0.25) is 24.4 Å². The molecule has 3 rings (SSSR count). The highest BCUT2D eigenvalue weighted by molar-refractivity contribution is 7.99. The summed E-state index contributed by atoms with van der Waals surface area (Å²) in [6.45, 7) is 4.13. The number of aromatic nitrogens is 2. The normalized spacial score (nSPS) is 10.7. The van der Waals surface area contributed by atoms with Crippen molar-refractivity contribution in [2.75, 3.05) is 23.5 Å². The quantitative estimate of drug-likeness (QED) is 0.221. The summed E-state index contributed by atoms with van der Waals surface area (Å²) in [5, 5.41) is 21.0. The van der Waals surface area contributed by atoms with Gasteiger partial charge in [0.1, 0.15) is 12.3 Å². The number of rotatable bonds is 11. The SMILES string of the molecule is COc1ccc(NC(=O)Cn2cc(NC(=O)c3ccc(SCCC(C)C)c([N+](=O)[O-])c3)cn2)cc1. The second kappa shape index (κ2) is 12.0. The average molecular weight is 498 g/mol. The lowest BCUT2D eigenvalue weighted by Crippen LogP contribution is -2.19. The molecule has 11 heteroatoms. The van der Waals surface area contributed by atoms with Crippen molar-refractivity contribution in [2.45, 2.75) is 31.7 Å². The number of methoxy groups -OCH3 is 1. The van der Waals surface area contributed by atoms with Crippen molar-refractivity contribution >= 4 is 40.6 Å². The summed E-state index contributed by atoms with van der Waals surface area (Å²) in [4.78, 5) is 36.5. The maximum Gasteiger partial charge on any atom is 0.283 e. The number of nitrogens with one attached hydrogen (secondary N) is 2. The Balaban J connectivity index is 1.60. The third kappa shape index (κ3) is 7.57. The molecule has 0 radical (unpaired) electrons. The molecule has 35 heavy (non-hydrogen) atoms. The van der Waals surface area contributed by atoms with E-state index in [-0.39, 0.29) is 23.7 Å². The number of nitro benzene ring substituents is 1. The Hall–Kier alpha value is -3.86. The van der Waals surface area contributed by atoms with Crippen molar-refractivity contribution in [1.82, 2.24) is 9.78 Å². The van der Waals surface area contributed by atoms with Crippen molar-refractivity contribution in [1.29, 1.82) is 0 Å². The van der Waals surface area contributed by atoms with Crippen LogP contribution in [0.5, 0.6) is 5.75 Å². The molecule has 2 aromatic carbocycles. The van der Waals surface area contributed by atoms with E-state index in [1.165, 1.54) is 34.9 Å². The molecule has 0 bridgehead atoms. The summed E-state index contributed by atoms with van der Waals surface area (Å²) in [6.07, 6.45) is 3.85. The maximum absolute atomic E-state index is 12.7. The van der Waals surface area contributed by atoms with Crippen LogP contribution in [0.15, 0.2) is 59.8 Å². The van der Waals surface area contributed by atoms with Gasteiger partial charge in [-0.05, 0) is 54.5 Å². The molecule has 0 aliphatic carbocycles. The Morgan fingerprint density at radius 3 is 2.54 bits per heavy atom. The van der Waals surface area contributed by atoms with Crippen molar-refractivity contribution in [3.63, 3.8) is 0 Å². The molecule has 3 aromatic rings. The monoisotopic (exact) mass is 497 g/mol. The third-order valence-electron chi connectivity index (χ3n) is 4.94.